The largest absolute Gasteiger partial charge is 0.330 e. The Morgan fingerprint density at radius 1 is 1.09 bits per heavy atom. The predicted molar refractivity (Wildman–Crippen MR) is 49.3 cm³/mol. The monoisotopic (exact) mass is 155 g/mol. The topological polar surface area (TPSA) is 26.0 Å². The van der Waals surface area contributed by atoms with E-state index in [0.717, 1.165) is 12.5 Å². The molecule has 1 nitrogen and oxygen atoms in total. The van der Waals surface area contributed by atoms with Gasteiger partial charge in [-0.3, -0.25) is 0 Å². The van der Waals surface area contributed by atoms with Crippen molar-refractivity contribution in [3.05, 3.63) is 0 Å². The molecule has 1 aliphatic carbocycles. The molecule has 0 aliphatic heterocycles. The average Bonchev–Trinajstić information content (AvgIpc) is 2.23. The third-order valence-corrected chi connectivity index (χ3v) is 4.02. The Morgan fingerprint density at radius 2 is 1.55 bits per heavy atom. The molecular formula is C10H21N. The van der Waals surface area contributed by atoms with Crippen LogP contribution in [0.4, 0.5) is 0 Å². The summed E-state index contributed by atoms with van der Waals surface area (Å²) in [6.07, 6.45) is 2.51. The lowest BCUT2D eigenvalue weighted by Crippen LogP contribution is -2.00. The number of hydrogen-bond donors (Lipinski definition) is 1. The molecule has 1 rings (SSSR count). The Hall–Kier alpha value is -0.0400. The molecule has 1 saturated carbocycles. The van der Waals surface area contributed by atoms with Gasteiger partial charge >= 0.3 is 0 Å². The van der Waals surface area contributed by atoms with Gasteiger partial charge in [0.15, 0.2) is 0 Å². The second-order valence-corrected chi connectivity index (χ2v) is 4.93. The van der Waals surface area contributed by atoms with Gasteiger partial charge < -0.3 is 5.73 Å². The van der Waals surface area contributed by atoms with Crippen LogP contribution in [0, 0.1) is 16.7 Å². The second-order valence-electron chi connectivity index (χ2n) is 4.93. The van der Waals surface area contributed by atoms with Gasteiger partial charge in [-0.1, -0.05) is 27.7 Å². The molecule has 0 aromatic carbocycles. The molecule has 0 saturated heterocycles. The van der Waals surface area contributed by atoms with Crippen molar-refractivity contribution in [3.63, 3.8) is 0 Å². The van der Waals surface area contributed by atoms with Gasteiger partial charge in [0.05, 0.1) is 0 Å². The highest BCUT2D eigenvalue weighted by Gasteiger charge is 2.63. The van der Waals surface area contributed by atoms with Crippen LogP contribution >= 0.6 is 0 Å². The van der Waals surface area contributed by atoms with Crippen LogP contribution in [-0.4, -0.2) is 6.54 Å². The van der Waals surface area contributed by atoms with Crippen molar-refractivity contribution in [1.29, 1.82) is 0 Å². The molecule has 0 bridgehead atoms. The van der Waals surface area contributed by atoms with Crippen LogP contribution in [0.3, 0.4) is 0 Å². The third kappa shape index (κ3) is 1.20. The van der Waals surface area contributed by atoms with Gasteiger partial charge in [0.1, 0.15) is 0 Å². The summed E-state index contributed by atoms with van der Waals surface area (Å²) in [5.74, 6) is 0.901. The lowest BCUT2D eigenvalue weighted by atomic mass is 10.0. The van der Waals surface area contributed by atoms with Gasteiger partial charge in [0.2, 0.25) is 0 Å². The zero-order valence-corrected chi connectivity index (χ0v) is 8.28. The summed E-state index contributed by atoms with van der Waals surface area (Å²) >= 11 is 0. The van der Waals surface area contributed by atoms with E-state index >= 15 is 0 Å². The summed E-state index contributed by atoms with van der Waals surface area (Å²) in [6, 6.07) is 0. The van der Waals surface area contributed by atoms with Crippen LogP contribution in [0.1, 0.15) is 40.5 Å². The minimum atomic E-state index is 0.558. The first kappa shape index (κ1) is 9.05. The molecule has 0 unspecified atom stereocenters. The van der Waals surface area contributed by atoms with E-state index in [1.54, 1.807) is 0 Å². The molecule has 0 aromatic heterocycles. The molecule has 2 N–H and O–H groups in total. The Balaban J connectivity index is 2.41. The molecule has 0 heterocycles. The molecule has 0 atom stereocenters. The van der Waals surface area contributed by atoms with Crippen LogP contribution in [0.15, 0.2) is 0 Å². The van der Waals surface area contributed by atoms with Crippen LogP contribution in [0.25, 0.3) is 0 Å². The standard InChI is InChI=1S/C10H21N/c1-9(2)8(6-5-7-11)10(9,3)4/h8H,5-7,11H2,1-4H3. The van der Waals surface area contributed by atoms with E-state index < -0.39 is 0 Å². The van der Waals surface area contributed by atoms with E-state index in [1.807, 2.05) is 0 Å². The highest BCUT2D eigenvalue weighted by Crippen LogP contribution is 2.69. The van der Waals surface area contributed by atoms with Gasteiger partial charge in [-0.15, -0.1) is 0 Å². The lowest BCUT2D eigenvalue weighted by Gasteiger charge is -2.04. The minimum Gasteiger partial charge on any atom is -0.330 e. The van der Waals surface area contributed by atoms with E-state index in [4.69, 9.17) is 5.73 Å². The smallest absolute Gasteiger partial charge is 0.00772 e. The normalized spacial score (nSPS) is 27.0. The van der Waals surface area contributed by atoms with Crippen LogP contribution in [0.2, 0.25) is 0 Å². The Bertz CT molecular complexity index is 133. The molecule has 1 aliphatic rings. The molecule has 0 amide bonds. The molecule has 11 heavy (non-hydrogen) atoms. The summed E-state index contributed by atoms with van der Waals surface area (Å²) < 4.78 is 0. The molecular weight excluding hydrogens is 134 g/mol. The molecule has 0 aromatic rings. The summed E-state index contributed by atoms with van der Waals surface area (Å²) in [7, 11) is 0. The Kier molecular flexibility index (Phi) is 2.04. The Morgan fingerprint density at radius 3 is 1.82 bits per heavy atom. The quantitative estimate of drug-likeness (QED) is 0.665. The predicted octanol–water partition coefficient (Wildman–Crippen LogP) is 2.41. The highest BCUT2D eigenvalue weighted by atomic mass is 14.7. The first-order valence-corrected chi connectivity index (χ1v) is 4.64. The Labute approximate surface area is 70.4 Å². The van der Waals surface area contributed by atoms with Crippen LogP contribution in [-0.2, 0) is 0 Å². The summed E-state index contributed by atoms with van der Waals surface area (Å²) in [5.41, 5.74) is 6.60. The second kappa shape index (κ2) is 2.48. The van der Waals surface area contributed by atoms with Crippen molar-refractivity contribution in [3.8, 4) is 0 Å². The maximum atomic E-state index is 5.48. The number of hydrogen-bond acceptors (Lipinski definition) is 1. The molecule has 0 spiro atoms. The average molecular weight is 155 g/mol. The SMILES string of the molecule is CC1(C)C(CCCN)C1(C)C. The van der Waals surface area contributed by atoms with Gasteiger partial charge in [0, 0.05) is 0 Å². The van der Waals surface area contributed by atoms with Gasteiger partial charge in [-0.25, -0.2) is 0 Å². The van der Waals surface area contributed by atoms with Crippen molar-refractivity contribution in [2.24, 2.45) is 22.5 Å². The van der Waals surface area contributed by atoms with Crippen molar-refractivity contribution in [2.75, 3.05) is 6.54 Å². The van der Waals surface area contributed by atoms with Crippen molar-refractivity contribution in [1.82, 2.24) is 0 Å². The first-order valence-electron chi connectivity index (χ1n) is 4.64. The summed E-state index contributed by atoms with van der Waals surface area (Å²) in [5, 5.41) is 0. The number of rotatable bonds is 3. The van der Waals surface area contributed by atoms with Crippen molar-refractivity contribution >= 4 is 0 Å². The van der Waals surface area contributed by atoms with E-state index in [0.29, 0.717) is 10.8 Å². The molecule has 1 fully saturated rings. The summed E-state index contributed by atoms with van der Waals surface area (Å²) in [4.78, 5) is 0. The van der Waals surface area contributed by atoms with Gasteiger partial charge in [-0.2, -0.15) is 0 Å². The van der Waals surface area contributed by atoms with Crippen molar-refractivity contribution in [2.45, 2.75) is 40.5 Å². The van der Waals surface area contributed by atoms with Crippen LogP contribution < -0.4 is 5.73 Å². The highest BCUT2D eigenvalue weighted by molar-refractivity contribution is 5.11. The minimum absolute atomic E-state index is 0.558. The van der Waals surface area contributed by atoms with E-state index in [2.05, 4.69) is 27.7 Å². The molecule has 66 valence electrons. The maximum Gasteiger partial charge on any atom is -0.00772 e. The van der Waals surface area contributed by atoms with Crippen molar-refractivity contribution < 1.29 is 0 Å². The van der Waals surface area contributed by atoms with E-state index in [-0.39, 0.29) is 0 Å². The fraction of sp³-hybridized carbons (Fsp3) is 1.00. The first-order chi connectivity index (χ1) is 4.94. The zero-order chi connectivity index (χ0) is 8.70. The molecule has 1 heteroatoms. The number of nitrogens with two attached hydrogens (primary N) is 1. The zero-order valence-electron chi connectivity index (χ0n) is 8.28. The maximum absolute atomic E-state index is 5.48. The fourth-order valence-electron chi connectivity index (χ4n) is 2.38. The van der Waals surface area contributed by atoms with Gasteiger partial charge in [0.25, 0.3) is 0 Å². The molecule has 0 radical (unpaired) electrons. The summed E-state index contributed by atoms with van der Waals surface area (Å²) in [6.45, 7) is 10.3. The van der Waals surface area contributed by atoms with Gasteiger partial charge in [-0.05, 0) is 36.1 Å². The van der Waals surface area contributed by atoms with Crippen LogP contribution in [0.5, 0.6) is 0 Å². The van der Waals surface area contributed by atoms with E-state index in [1.165, 1.54) is 12.8 Å². The van der Waals surface area contributed by atoms with E-state index in [9.17, 15) is 0 Å². The lowest BCUT2D eigenvalue weighted by molar-refractivity contribution is 0.457. The fourth-order valence-corrected chi connectivity index (χ4v) is 2.38. The third-order valence-electron chi connectivity index (χ3n) is 4.02.